The van der Waals surface area contributed by atoms with E-state index in [2.05, 4.69) is 9.97 Å². The van der Waals surface area contributed by atoms with E-state index in [1.54, 1.807) is 12.1 Å². The number of carbonyl (C=O) groups is 1. The van der Waals surface area contributed by atoms with Gasteiger partial charge < -0.3 is 10.1 Å². The van der Waals surface area contributed by atoms with Gasteiger partial charge in [0.15, 0.2) is 5.69 Å². The van der Waals surface area contributed by atoms with Crippen LogP contribution in [0.2, 0.25) is 0 Å². The topological polar surface area (TPSA) is 66.0 Å². The molecule has 0 aliphatic rings. The first kappa shape index (κ1) is 13.3. The molecule has 4 nitrogen and oxygen atoms in total. The van der Waals surface area contributed by atoms with E-state index >= 15 is 0 Å². The number of rotatable bonds is 2. The molecule has 2 aromatic rings. The third-order valence-corrected chi connectivity index (χ3v) is 2.77. The monoisotopic (exact) mass is 262 g/mol. The van der Waals surface area contributed by atoms with E-state index in [0.29, 0.717) is 17.1 Å². The number of carboxylic acids is 1. The van der Waals surface area contributed by atoms with E-state index in [4.69, 9.17) is 0 Å². The van der Waals surface area contributed by atoms with Gasteiger partial charge in [-0.3, -0.25) is 0 Å². The zero-order chi connectivity index (χ0) is 14.2. The zero-order valence-corrected chi connectivity index (χ0v) is 11.0. The number of H-pyrrole nitrogens is 1. The Labute approximate surface area is 110 Å². The minimum absolute atomic E-state index is 0.00632. The molecule has 0 fully saturated rings. The summed E-state index contributed by atoms with van der Waals surface area (Å²) in [6.45, 7) is 5.71. The number of carboxylic acid groups (broad SMARTS) is 1. The maximum Gasteiger partial charge on any atom is 0.356 e. The molecule has 0 aliphatic carbocycles. The minimum atomic E-state index is -1.07. The zero-order valence-electron chi connectivity index (χ0n) is 11.0. The normalized spacial score (nSPS) is 11.6. The summed E-state index contributed by atoms with van der Waals surface area (Å²) < 4.78 is 12.9. The van der Waals surface area contributed by atoms with Gasteiger partial charge in [0, 0.05) is 11.0 Å². The van der Waals surface area contributed by atoms with Crippen molar-refractivity contribution in [1.82, 2.24) is 9.97 Å². The smallest absolute Gasteiger partial charge is 0.356 e. The molecule has 2 N–H and O–H groups in total. The van der Waals surface area contributed by atoms with E-state index in [1.165, 1.54) is 12.1 Å². The van der Waals surface area contributed by atoms with Crippen LogP contribution in [0.5, 0.6) is 0 Å². The van der Waals surface area contributed by atoms with Crippen molar-refractivity contribution >= 4 is 5.97 Å². The molecule has 0 saturated carbocycles. The third kappa shape index (κ3) is 2.65. The lowest BCUT2D eigenvalue weighted by atomic mass is 9.91. The molecule has 1 aromatic carbocycles. The SMILES string of the molecule is CC(C)(C)c1[nH]c(-c2ccc(F)cc2)nc1C(=O)O. The molecule has 0 spiro atoms. The van der Waals surface area contributed by atoms with Crippen molar-refractivity contribution in [1.29, 1.82) is 0 Å². The molecule has 0 radical (unpaired) electrons. The fraction of sp³-hybridized carbons (Fsp3) is 0.286. The van der Waals surface area contributed by atoms with Gasteiger partial charge in [0.1, 0.15) is 11.6 Å². The molecule has 0 unspecified atom stereocenters. The number of nitrogens with one attached hydrogen (secondary N) is 1. The Morgan fingerprint density at radius 2 is 1.84 bits per heavy atom. The molecule has 5 heteroatoms. The van der Waals surface area contributed by atoms with Crippen LogP contribution < -0.4 is 0 Å². The quantitative estimate of drug-likeness (QED) is 0.873. The van der Waals surface area contributed by atoms with Crippen molar-refractivity contribution < 1.29 is 14.3 Å². The molecule has 1 aromatic heterocycles. The van der Waals surface area contributed by atoms with E-state index in [-0.39, 0.29) is 16.9 Å². The van der Waals surface area contributed by atoms with E-state index in [0.717, 1.165) is 0 Å². The maximum absolute atomic E-state index is 12.9. The second-order valence-corrected chi connectivity index (χ2v) is 5.37. The molecule has 0 amide bonds. The molecule has 0 bridgehead atoms. The first-order chi connectivity index (χ1) is 8.79. The lowest BCUT2D eigenvalue weighted by molar-refractivity contribution is 0.0688. The molecule has 100 valence electrons. The molecule has 19 heavy (non-hydrogen) atoms. The largest absolute Gasteiger partial charge is 0.476 e. The van der Waals surface area contributed by atoms with E-state index < -0.39 is 5.97 Å². The van der Waals surface area contributed by atoms with Gasteiger partial charge in [-0.25, -0.2) is 14.2 Å². The number of hydrogen-bond acceptors (Lipinski definition) is 2. The van der Waals surface area contributed by atoms with Crippen LogP contribution in [0.25, 0.3) is 11.4 Å². The summed E-state index contributed by atoms with van der Waals surface area (Å²) in [5.41, 5.74) is 0.851. The summed E-state index contributed by atoms with van der Waals surface area (Å²) in [5.74, 6) is -0.985. The maximum atomic E-state index is 12.9. The number of aromatic carboxylic acids is 1. The number of halogens is 1. The highest BCUT2D eigenvalue weighted by molar-refractivity contribution is 5.88. The van der Waals surface area contributed by atoms with Crippen LogP contribution in [0.15, 0.2) is 24.3 Å². The average molecular weight is 262 g/mol. The predicted octanol–water partition coefficient (Wildman–Crippen LogP) is 3.21. The van der Waals surface area contributed by atoms with Crippen molar-refractivity contribution in [3.63, 3.8) is 0 Å². The molecular weight excluding hydrogens is 247 g/mol. The highest BCUT2D eigenvalue weighted by atomic mass is 19.1. The molecule has 1 heterocycles. The van der Waals surface area contributed by atoms with Crippen LogP contribution in [-0.2, 0) is 5.41 Å². The Morgan fingerprint density at radius 1 is 1.26 bits per heavy atom. The Morgan fingerprint density at radius 3 is 2.26 bits per heavy atom. The Balaban J connectivity index is 2.55. The van der Waals surface area contributed by atoms with Gasteiger partial charge in [0.2, 0.25) is 0 Å². The van der Waals surface area contributed by atoms with Crippen molar-refractivity contribution in [2.45, 2.75) is 26.2 Å². The van der Waals surface area contributed by atoms with Gasteiger partial charge in [-0.2, -0.15) is 0 Å². The van der Waals surface area contributed by atoms with E-state index in [9.17, 15) is 14.3 Å². The summed E-state index contributed by atoms with van der Waals surface area (Å²) >= 11 is 0. The van der Waals surface area contributed by atoms with Crippen molar-refractivity contribution in [3.8, 4) is 11.4 Å². The van der Waals surface area contributed by atoms with Gasteiger partial charge in [-0.05, 0) is 24.3 Å². The fourth-order valence-corrected chi connectivity index (χ4v) is 1.82. The Bertz CT molecular complexity index is 609. The Hall–Kier alpha value is -2.17. The molecule has 0 aliphatic heterocycles. The summed E-state index contributed by atoms with van der Waals surface area (Å²) in [6, 6.07) is 5.75. The van der Waals surface area contributed by atoms with Crippen molar-refractivity contribution in [3.05, 3.63) is 41.5 Å². The second kappa shape index (κ2) is 4.50. The number of hydrogen-bond donors (Lipinski definition) is 2. The average Bonchev–Trinajstić information content (AvgIpc) is 2.74. The van der Waals surface area contributed by atoms with Crippen LogP contribution in [0.3, 0.4) is 0 Å². The summed E-state index contributed by atoms with van der Waals surface area (Å²) in [4.78, 5) is 18.3. The standard InChI is InChI=1S/C14H15FN2O2/c1-14(2,3)11-10(13(18)19)16-12(17-11)8-4-6-9(15)7-5-8/h4-7H,1-3H3,(H,16,17)(H,18,19). The van der Waals surface area contributed by atoms with Crippen LogP contribution in [0.1, 0.15) is 37.0 Å². The number of imidazole rings is 1. The number of benzene rings is 1. The minimum Gasteiger partial charge on any atom is -0.476 e. The van der Waals surface area contributed by atoms with Gasteiger partial charge in [0.05, 0.1) is 5.69 Å². The molecule has 2 rings (SSSR count). The predicted molar refractivity (Wildman–Crippen MR) is 69.6 cm³/mol. The van der Waals surface area contributed by atoms with E-state index in [1.807, 2.05) is 20.8 Å². The van der Waals surface area contributed by atoms with Crippen LogP contribution in [0, 0.1) is 5.82 Å². The number of aromatic nitrogens is 2. The fourth-order valence-electron chi connectivity index (χ4n) is 1.82. The molecular formula is C14H15FN2O2. The molecule has 0 saturated heterocycles. The molecule has 0 atom stereocenters. The van der Waals surface area contributed by atoms with Crippen molar-refractivity contribution in [2.24, 2.45) is 0 Å². The van der Waals surface area contributed by atoms with Crippen LogP contribution in [0.4, 0.5) is 4.39 Å². The number of nitrogens with zero attached hydrogens (tertiary/aromatic N) is 1. The van der Waals surface area contributed by atoms with Gasteiger partial charge >= 0.3 is 5.97 Å². The Kier molecular flexibility index (Phi) is 3.14. The number of aromatic amines is 1. The highest BCUT2D eigenvalue weighted by Gasteiger charge is 2.26. The van der Waals surface area contributed by atoms with Gasteiger partial charge in [-0.1, -0.05) is 20.8 Å². The summed E-state index contributed by atoms with van der Waals surface area (Å²) in [5, 5.41) is 9.19. The summed E-state index contributed by atoms with van der Waals surface area (Å²) in [7, 11) is 0. The third-order valence-electron chi connectivity index (χ3n) is 2.77. The second-order valence-electron chi connectivity index (χ2n) is 5.37. The lowest BCUT2D eigenvalue weighted by Crippen LogP contribution is -2.16. The summed E-state index contributed by atoms with van der Waals surface area (Å²) in [6.07, 6.45) is 0. The first-order valence-corrected chi connectivity index (χ1v) is 5.89. The first-order valence-electron chi connectivity index (χ1n) is 5.89. The van der Waals surface area contributed by atoms with Crippen molar-refractivity contribution in [2.75, 3.05) is 0 Å². The van der Waals surface area contributed by atoms with Crippen LogP contribution >= 0.6 is 0 Å². The highest BCUT2D eigenvalue weighted by Crippen LogP contribution is 2.27. The lowest BCUT2D eigenvalue weighted by Gasteiger charge is -2.16. The van der Waals surface area contributed by atoms with Gasteiger partial charge in [-0.15, -0.1) is 0 Å². The van der Waals surface area contributed by atoms with Crippen LogP contribution in [-0.4, -0.2) is 21.0 Å². The van der Waals surface area contributed by atoms with Gasteiger partial charge in [0.25, 0.3) is 0 Å².